The van der Waals surface area contributed by atoms with Crippen LogP contribution < -0.4 is 4.74 Å². The van der Waals surface area contributed by atoms with E-state index >= 15 is 0 Å². The normalized spacial score (nSPS) is 18.6. The predicted octanol–water partition coefficient (Wildman–Crippen LogP) is 2.67. The van der Waals surface area contributed by atoms with Gasteiger partial charge in [-0.2, -0.15) is 0 Å². The van der Waals surface area contributed by atoms with Crippen molar-refractivity contribution in [3.8, 4) is 5.75 Å². The first-order valence-electron chi connectivity index (χ1n) is 6.53. The average Bonchev–Trinajstić information content (AvgIpc) is 2.39. The fourth-order valence-electron chi connectivity index (χ4n) is 2.24. The number of ether oxygens (including phenoxy) is 1. The molecule has 0 amide bonds. The molecule has 2 rings (SSSR count). The quantitative estimate of drug-likeness (QED) is 0.907. The molecule has 1 aromatic carbocycles. The number of nitrogens with zero attached hydrogens (tertiary/aromatic N) is 1. The van der Waals surface area contributed by atoms with Gasteiger partial charge in [-0.25, -0.2) is 0 Å². The van der Waals surface area contributed by atoms with Crippen LogP contribution in [0.4, 0.5) is 0 Å². The topological polar surface area (TPSA) is 32.7 Å². The maximum atomic E-state index is 9.97. The van der Waals surface area contributed by atoms with Gasteiger partial charge >= 0.3 is 0 Å². The first kappa shape index (κ1) is 13.8. The standard InChI is InChI=1S/C14H20BrNO2/c15-13-6-2-3-7-14(13)18-11-12(17)10-16-8-4-1-5-9-16/h2-3,6-7,12,17H,1,4-5,8-11H2. The molecule has 1 fully saturated rings. The van der Waals surface area contributed by atoms with E-state index in [1.165, 1.54) is 19.3 Å². The Bertz CT molecular complexity index is 367. The third-order valence-corrected chi connectivity index (χ3v) is 3.84. The molecule has 18 heavy (non-hydrogen) atoms. The number of aliphatic hydroxyl groups excluding tert-OH is 1. The van der Waals surface area contributed by atoms with E-state index in [2.05, 4.69) is 20.8 Å². The van der Waals surface area contributed by atoms with E-state index in [4.69, 9.17) is 4.74 Å². The van der Waals surface area contributed by atoms with Crippen molar-refractivity contribution in [3.63, 3.8) is 0 Å². The molecule has 100 valence electrons. The van der Waals surface area contributed by atoms with E-state index in [9.17, 15) is 5.11 Å². The Hall–Kier alpha value is -0.580. The number of halogens is 1. The first-order chi connectivity index (χ1) is 8.75. The molecule has 1 unspecified atom stereocenters. The zero-order valence-corrected chi connectivity index (χ0v) is 12.1. The van der Waals surface area contributed by atoms with Crippen molar-refractivity contribution in [1.29, 1.82) is 0 Å². The number of likely N-dealkylation sites (tertiary alicyclic amines) is 1. The minimum Gasteiger partial charge on any atom is -0.490 e. The summed E-state index contributed by atoms with van der Waals surface area (Å²) in [5, 5.41) is 9.97. The van der Waals surface area contributed by atoms with E-state index in [1.807, 2.05) is 24.3 Å². The van der Waals surface area contributed by atoms with Crippen LogP contribution in [0, 0.1) is 0 Å². The van der Waals surface area contributed by atoms with Crippen molar-refractivity contribution in [3.05, 3.63) is 28.7 Å². The molecule has 3 nitrogen and oxygen atoms in total. The third-order valence-electron chi connectivity index (χ3n) is 3.19. The molecule has 4 heteroatoms. The Morgan fingerprint density at radius 3 is 2.67 bits per heavy atom. The molecular formula is C14H20BrNO2. The molecule has 1 heterocycles. The average molecular weight is 314 g/mol. The smallest absolute Gasteiger partial charge is 0.133 e. The molecule has 0 aromatic heterocycles. The van der Waals surface area contributed by atoms with E-state index in [-0.39, 0.29) is 0 Å². The largest absolute Gasteiger partial charge is 0.490 e. The number of piperidine rings is 1. The van der Waals surface area contributed by atoms with Gasteiger partial charge in [0, 0.05) is 6.54 Å². The van der Waals surface area contributed by atoms with Gasteiger partial charge in [-0.15, -0.1) is 0 Å². The molecule has 0 radical (unpaired) electrons. The van der Waals surface area contributed by atoms with Gasteiger partial charge < -0.3 is 14.7 Å². The summed E-state index contributed by atoms with van der Waals surface area (Å²) in [6.45, 7) is 3.27. The van der Waals surface area contributed by atoms with Crippen molar-refractivity contribution < 1.29 is 9.84 Å². The Balaban J connectivity index is 1.74. The monoisotopic (exact) mass is 313 g/mol. The Kier molecular flexibility index (Phi) is 5.47. The summed E-state index contributed by atoms with van der Waals surface area (Å²) >= 11 is 3.43. The summed E-state index contributed by atoms with van der Waals surface area (Å²) < 4.78 is 6.54. The molecular weight excluding hydrogens is 294 g/mol. The molecule has 1 atom stereocenters. The van der Waals surface area contributed by atoms with Crippen molar-refractivity contribution in [2.24, 2.45) is 0 Å². The van der Waals surface area contributed by atoms with Crippen LogP contribution in [-0.2, 0) is 0 Å². The fraction of sp³-hybridized carbons (Fsp3) is 0.571. The minimum absolute atomic E-state index is 0.346. The van der Waals surface area contributed by atoms with E-state index < -0.39 is 6.10 Å². The van der Waals surface area contributed by atoms with Crippen molar-refractivity contribution >= 4 is 15.9 Å². The maximum Gasteiger partial charge on any atom is 0.133 e. The summed E-state index contributed by atoms with van der Waals surface area (Å²) in [6, 6.07) is 7.71. The second-order valence-corrected chi connectivity index (χ2v) is 5.61. The number of β-amino-alcohol motifs (C(OH)–C–C–N with tert-alkyl or cyclic N) is 1. The van der Waals surface area contributed by atoms with Crippen LogP contribution in [0.3, 0.4) is 0 Å². The van der Waals surface area contributed by atoms with Crippen LogP contribution in [0.5, 0.6) is 5.75 Å². The van der Waals surface area contributed by atoms with Gasteiger partial charge in [0.2, 0.25) is 0 Å². The summed E-state index contributed by atoms with van der Waals surface area (Å²) in [7, 11) is 0. The van der Waals surface area contributed by atoms with Crippen molar-refractivity contribution in [1.82, 2.24) is 4.90 Å². The van der Waals surface area contributed by atoms with Gasteiger partial charge in [-0.3, -0.25) is 0 Å². The fourth-order valence-corrected chi connectivity index (χ4v) is 2.64. The highest BCUT2D eigenvalue weighted by atomic mass is 79.9. The highest BCUT2D eigenvalue weighted by Crippen LogP contribution is 2.23. The Morgan fingerprint density at radius 1 is 1.22 bits per heavy atom. The lowest BCUT2D eigenvalue weighted by molar-refractivity contribution is 0.0615. The molecule has 1 N–H and O–H groups in total. The van der Waals surface area contributed by atoms with Crippen LogP contribution in [0.25, 0.3) is 0 Å². The third kappa shape index (κ3) is 4.26. The van der Waals surface area contributed by atoms with Gasteiger partial charge in [0.15, 0.2) is 0 Å². The number of para-hydroxylation sites is 1. The second kappa shape index (κ2) is 7.12. The molecule has 1 saturated heterocycles. The number of hydrogen-bond acceptors (Lipinski definition) is 3. The first-order valence-corrected chi connectivity index (χ1v) is 7.33. The minimum atomic E-state index is -0.421. The summed E-state index contributed by atoms with van der Waals surface area (Å²) in [4.78, 5) is 2.32. The van der Waals surface area contributed by atoms with Gasteiger partial charge in [-0.05, 0) is 54.0 Å². The van der Waals surface area contributed by atoms with Crippen LogP contribution in [0.2, 0.25) is 0 Å². The molecule has 0 spiro atoms. The van der Waals surface area contributed by atoms with Crippen LogP contribution in [0.15, 0.2) is 28.7 Å². The molecule has 1 aliphatic heterocycles. The zero-order chi connectivity index (χ0) is 12.8. The molecule has 0 saturated carbocycles. The van der Waals surface area contributed by atoms with Gasteiger partial charge in [0.05, 0.1) is 4.47 Å². The lowest BCUT2D eigenvalue weighted by atomic mass is 10.1. The lowest BCUT2D eigenvalue weighted by Crippen LogP contribution is -2.38. The van der Waals surface area contributed by atoms with Crippen molar-refractivity contribution in [2.45, 2.75) is 25.4 Å². The van der Waals surface area contributed by atoms with E-state index in [1.54, 1.807) is 0 Å². The zero-order valence-electron chi connectivity index (χ0n) is 10.5. The summed E-state index contributed by atoms with van der Waals surface area (Å²) in [5.74, 6) is 0.787. The van der Waals surface area contributed by atoms with Gasteiger partial charge in [-0.1, -0.05) is 18.6 Å². The number of benzene rings is 1. The van der Waals surface area contributed by atoms with Gasteiger partial charge in [0.1, 0.15) is 18.5 Å². The van der Waals surface area contributed by atoms with E-state index in [0.29, 0.717) is 13.2 Å². The lowest BCUT2D eigenvalue weighted by Gasteiger charge is -2.28. The highest BCUT2D eigenvalue weighted by Gasteiger charge is 2.15. The molecule has 0 bridgehead atoms. The van der Waals surface area contributed by atoms with Gasteiger partial charge in [0.25, 0.3) is 0 Å². The Morgan fingerprint density at radius 2 is 1.94 bits per heavy atom. The number of hydrogen-bond donors (Lipinski definition) is 1. The number of aliphatic hydroxyl groups is 1. The van der Waals surface area contributed by atoms with Crippen LogP contribution in [0.1, 0.15) is 19.3 Å². The summed E-state index contributed by atoms with van der Waals surface area (Å²) in [5.41, 5.74) is 0. The molecule has 0 aliphatic carbocycles. The summed E-state index contributed by atoms with van der Waals surface area (Å²) in [6.07, 6.45) is 3.39. The van der Waals surface area contributed by atoms with Crippen LogP contribution >= 0.6 is 15.9 Å². The molecule has 1 aliphatic rings. The van der Waals surface area contributed by atoms with Crippen molar-refractivity contribution in [2.75, 3.05) is 26.2 Å². The highest BCUT2D eigenvalue weighted by molar-refractivity contribution is 9.10. The SMILES string of the molecule is OC(COc1ccccc1Br)CN1CCCCC1. The second-order valence-electron chi connectivity index (χ2n) is 4.76. The maximum absolute atomic E-state index is 9.97. The van der Waals surface area contributed by atoms with Crippen LogP contribution in [-0.4, -0.2) is 42.4 Å². The number of rotatable bonds is 5. The molecule has 1 aromatic rings. The van der Waals surface area contributed by atoms with E-state index in [0.717, 1.165) is 23.3 Å². The Labute approximate surface area is 117 Å². The predicted molar refractivity (Wildman–Crippen MR) is 75.9 cm³/mol.